The van der Waals surface area contributed by atoms with Crippen LogP contribution in [0.5, 0.6) is 0 Å². The lowest BCUT2D eigenvalue weighted by Gasteiger charge is -2.34. The van der Waals surface area contributed by atoms with Crippen molar-refractivity contribution >= 4 is 28.7 Å². The Morgan fingerprint density at radius 3 is 2.26 bits per heavy atom. The normalized spacial score (nSPS) is 21.7. The van der Waals surface area contributed by atoms with E-state index in [0.717, 1.165) is 61.8 Å². The van der Waals surface area contributed by atoms with Gasteiger partial charge in [-0.15, -0.1) is 0 Å². The fourth-order valence-electron chi connectivity index (χ4n) is 5.33. The number of rotatable bonds is 4. The van der Waals surface area contributed by atoms with Crippen LogP contribution in [0.1, 0.15) is 75.6 Å². The molecule has 1 aromatic carbocycles. The number of urea groups is 1. The molecule has 0 aromatic heterocycles. The van der Waals surface area contributed by atoms with Crippen LogP contribution in [0.4, 0.5) is 15.3 Å². The Hall–Kier alpha value is -2.55. The average Bonchev–Trinajstić information content (AvgIpc) is 3.45. The van der Waals surface area contributed by atoms with Crippen LogP contribution in [0.15, 0.2) is 18.3 Å². The topological polar surface area (TPSA) is 96.0 Å². The van der Waals surface area contributed by atoms with Gasteiger partial charge in [-0.1, -0.05) is 6.07 Å². The Labute approximate surface area is 203 Å². The largest absolute Gasteiger partial charge is 0.444 e. The zero-order valence-corrected chi connectivity index (χ0v) is 21.4. The summed E-state index contributed by atoms with van der Waals surface area (Å²) in [7, 11) is -3.21. The van der Waals surface area contributed by atoms with Crippen molar-refractivity contribution in [1.82, 2.24) is 9.21 Å². The number of carbonyl (C=O) groups is 2. The minimum Gasteiger partial charge on any atom is -0.444 e. The van der Waals surface area contributed by atoms with Crippen molar-refractivity contribution in [2.24, 2.45) is 0 Å². The predicted molar refractivity (Wildman–Crippen MR) is 131 cm³/mol. The van der Waals surface area contributed by atoms with Crippen LogP contribution in [-0.2, 0) is 41.3 Å². The Balaban J connectivity index is 1.56. The van der Waals surface area contributed by atoms with Crippen molar-refractivity contribution < 1.29 is 22.7 Å². The summed E-state index contributed by atoms with van der Waals surface area (Å²) in [6.07, 6.45) is 9.69. The maximum Gasteiger partial charge on any atom is 0.410 e. The Morgan fingerprint density at radius 2 is 1.71 bits per heavy atom. The SMILES string of the molecule is CC(C)(C)OC(=O)N1CCC[C@@]1(C)/C=C/N(C(=O)Nc1c2c(cc3c1CCC3)CCC2)[SH](=O)=O. The fourth-order valence-corrected chi connectivity index (χ4v) is 5.71. The molecule has 8 nitrogen and oxygen atoms in total. The highest BCUT2D eigenvalue weighted by atomic mass is 32.2. The third-order valence-electron chi connectivity index (χ3n) is 6.96. The van der Waals surface area contributed by atoms with Gasteiger partial charge in [-0.25, -0.2) is 18.0 Å². The second-order valence-corrected chi connectivity index (χ2v) is 11.6. The highest BCUT2D eigenvalue weighted by Gasteiger charge is 2.40. The van der Waals surface area contributed by atoms with Crippen LogP contribution in [0.25, 0.3) is 0 Å². The highest BCUT2D eigenvalue weighted by molar-refractivity contribution is 7.70. The number of nitrogens with one attached hydrogen (secondary N) is 1. The van der Waals surface area contributed by atoms with Gasteiger partial charge in [-0.05, 0) is 107 Å². The number of anilines is 1. The minimum atomic E-state index is -3.21. The number of benzene rings is 1. The molecular weight excluding hydrogens is 454 g/mol. The van der Waals surface area contributed by atoms with Gasteiger partial charge in [0.2, 0.25) is 10.9 Å². The maximum absolute atomic E-state index is 13.1. The van der Waals surface area contributed by atoms with Gasteiger partial charge in [0, 0.05) is 18.4 Å². The molecule has 0 spiro atoms. The molecule has 0 unspecified atom stereocenters. The molecule has 1 aliphatic heterocycles. The Kier molecular flexibility index (Phi) is 6.68. The summed E-state index contributed by atoms with van der Waals surface area (Å²) >= 11 is 0. The zero-order valence-electron chi connectivity index (χ0n) is 20.5. The third kappa shape index (κ3) is 4.94. The molecule has 0 radical (unpaired) electrons. The zero-order chi connectivity index (χ0) is 24.7. The first-order valence-corrected chi connectivity index (χ1v) is 13.2. The number of ether oxygens (including phenoxy) is 1. The molecule has 9 heteroatoms. The van der Waals surface area contributed by atoms with E-state index in [9.17, 15) is 18.0 Å². The molecule has 34 heavy (non-hydrogen) atoms. The molecule has 0 saturated carbocycles. The first kappa shape index (κ1) is 24.6. The lowest BCUT2D eigenvalue weighted by atomic mass is 9.99. The second kappa shape index (κ2) is 9.24. The molecule has 3 aliphatic rings. The van der Waals surface area contributed by atoms with E-state index in [2.05, 4.69) is 11.4 Å². The van der Waals surface area contributed by atoms with E-state index in [0.29, 0.717) is 17.3 Å². The van der Waals surface area contributed by atoms with E-state index in [4.69, 9.17) is 4.74 Å². The van der Waals surface area contributed by atoms with Gasteiger partial charge in [0.05, 0.1) is 5.54 Å². The molecule has 1 N–H and O–H groups in total. The molecule has 4 rings (SSSR count). The van der Waals surface area contributed by atoms with Crippen molar-refractivity contribution in [2.75, 3.05) is 11.9 Å². The van der Waals surface area contributed by atoms with E-state index in [1.807, 2.05) is 6.92 Å². The van der Waals surface area contributed by atoms with Crippen LogP contribution >= 0.6 is 0 Å². The molecule has 1 heterocycles. The lowest BCUT2D eigenvalue weighted by Crippen LogP contribution is -2.46. The molecule has 1 aromatic rings. The summed E-state index contributed by atoms with van der Waals surface area (Å²) in [5.74, 6) is 0. The summed E-state index contributed by atoms with van der Waals surface area (Å²) in [4.78, 5) is 27.4. The summed E-state index contributed by atoms with van der Waals surface area (Å²) < 4.78 is 30.3. The number of fused-ring (bicyclic) bond motifs is 2. The fraction of sp³-hybridized carbons (Fsp3) is 0.600. The monoisotopic (exact) mass is 489 g/mol. The van der Waals surface area contributed by atoms with Crippen molar-refractivity contribution in [1.29, 1.82) is 0 Å². The summed E-state index contributed by atoms with van der Waals surface area (Å²) in [5, 5.41) is 2.92. The number of amides is 3. The number of hydrogen-bond acceptors (Lipinski definition) is 5. The van der Waals surface area contributed by atoms with Crippen LogP contribution in [0, 0.1) is 0 Å². The molecule has 3 amide bonds. The molecule has 0 bridgehead atoms. The van der Waals surface area contributed by atoms with Gasteiger partial charge in [0.25, 0.3) is 0 Å². The molecule has 1 fully saturated rings. The molecular formula is C25H35N3O5S. The van der Waals surface area contributed by atoms with E-state index in [-0.39, 0.29) is 0 Å². The number of carbonyl (C=O) groups excluding carboxylic acids is 2. The van der Waals surface area contributed by atoms with E-state index >= 15 is 0 Å². The Morgan fingerprint density at radius 1 is 1.09 bits per heavy atom. The van der Waals surface area contributed by atoms with Gasteiger partial charge in [0.15, 0.2) is 0 Å². The molecule has 1 atom stereocenters. The summed E-state index contributed by atoms with van der Waals surface area (Å²) in [6.45, 7) is 7.78. The quantitative estimate of drug-likeness (QED) is 0.614. The van der Waals surface area contributed by atoms with Crippen molar-refractivity contribution in [3.63, 3.8) is 0 Å². The number of thiol groups is 1. The molecule has 1 saturated heterocycles. The molecule has 2 aliphatic carbocycles. The van der Waals surface area contributed by atoms with Crippen LogP contribution in [0.2, 0.25) is 0 Å². The lowest BCUT2D eigenvalue weighted by molar-refractivity contribution is 0.0168. The highest BCUT2D eigenvalue weighted by Crippen LogP contribution is 2.39. The third-order valence-corrected chi connectivity index (χ3v) is 7.63. The Bertz CT molecular complexity index is 1060. The smallest absolute Gasteiger partial charge is 0.410 e. The molecule has 186 valence electrons. The van der Waals surface area contributed by atoms with Crippen molar-refractivity contribution in [3.8, 4) is 0 Å². The van der Waals surface area contributed by atoms with Gasteiger partial charge in [-0.2, -0.15) is 4.31 Å². The van der Waals surface area contributed by atoms with Gasteiger partial charge < -0.3 is 10.1 Å². The van der Waals surface area contributed by atoms with Crippen molar-refractivity contribution in [2.45, 2.75) is 90.2 Å². The standard InChI is InChI=1S/C25H35N3O5S/c1-24(2,3)33-23(30)27-14-7-12-25(27,4)13-15-28(34(31)32)22(29)26-21-19-10-5-8-17(19)16-18-9-6-11-20(18)21/h13,15-16,34H,5-12,14H2,1-4H3,(H,26,29)/b15-13+/t25-/m0/s1. The first-order chi connectivity index (χ1) is 16.0. The first-order valence-electron chi connectivity index (χ1n) is 12.1. The predicted octanol–water partition coefficient (Wildman–Crippen LogP) is 4.33. The van der Waals surface area contributed by atoms with E-state index in [1.54, 1.807) is 31.7 Å². The summed E-state index contributed by atoms with van der Waals surface area (Å²) in [6, 6.07) is 1.56. The van der Waals surface area contributed by atoms with E-state index in [1.165, 1.54) is 17.3 Å². The van der Waals surface area contributed by atoms with Crippen LogP contribution in [0.3, 0.4) is 0 Å². The number of nitrogens with zero attached hydrogens (tertiary/aromatic N) is 2. The van der Waals surface area contributed by atoms with Gasteiger partial charge >= 0.3 is 12.1 Å². The number of likely N-dealkylation sites (tertiary alicyclic amines) is 1. The van der Waals surface area contributed by atoms with Crippen LogP contribution in [-0.4, -0.2) is 47.4 Å². The summed E-state index contributed by atoms with van der Waals surface area (Å²) in [5.41, 5.74) is 4.21. The van der Waals surface area contributed by atoms with Crippen LogP contribution < -0.4 is 5.32 Å². The van der Waals surface area contributed by atoms with Gasteiger partial charge in [-0.3, -0.25) is 4.90 Å². The minimum absolute atomic E-state index is 0.449. The number of hydrogen-bond donors (Lipinski definition) is 2. The second-order valence-electron chi connectivity index (χ2n) is 10.7. The van der Waals surface area contributed by atoms with Gasteiger partial charge in [0.1, 0.15) is 5.60 Å². The van der Waals surface area contributed by atoms with Crippen molar-refractivity contribution in [3.05, 3.63) is 40.6 Å². The average molecular weight is 490 g/mol. The van der Waals surface area contributed by atoms with E-state index < -0.39 is 34.2 Å². The maximum atomic E-state index is 13.1. The number of aryl methyl sites for hydroxylation is 2.